The van der Waals surface area contributed by atoms with Gasteiger partial charge in [0.15, 0.2) is 0 Å². The maximum atomic E-state index is 4.76. The van der Waals surface area contributed by atoms with E-state index in [1.165, 1.54) is 85.3 Å². The van der Waals surface area contributed by atoms with Crippen LogP contribution in [0.3, 0.4) is 0 Å². The third-order valence-electron chi connectivity index (χ3n) is 9.77. The number of aromatic nitrogens is 2. The second-order valence-corrected chi connectivity index (χ2v) is 26.1. The minimum absolute atomic E-state index is 0. The summed E-state index contributed by atoms with van der Waals surface area (Å²) in [6.45, 7) is 2.19. The van der Waals surface area contributed by atoms with E-state index in [2.05, 4.69) is 132 Å². The van der Waals surface area contributed by atoms with Gasteiger partial charge in [0.05, 0.1) is 0 Å². The van der Waals surface area contributed by atoms with E-state index in [-0.39, 0.29) is 20.1 Å². The molecule has 0 aliphatic heterocycles. The summed E-state index contributed by atoms with van der Waals surface area (Å²) in [5.41, 5.74) is 9.61. The molecule has 7 aromatic rings. The average Bonchev–Trinajstić information content (AvgIpc) is 3.51. The first-order chi connectivity index (χ1) is 23.8. The fourth-order valence-electron chi connectivity index (χ4n) is 7.25. The van der Waals surface area contributed by atoms with E-state index in [0.717, 1.165) is 28.4 Å². The number of fused-ring (bicyclic) bond motifs is 3. The zero-order chi connectivity index (χ0) is 33.8. The van der Waals surface area contributed by atoms with Gasteiger partial charge in [-0.25, -0.2) is 0 Å². The SMILES string of the molecule is Cc1cc(-c2[c-]cccc2)nc[c]1[Ge]([CH3])([CH3])[CH3].[Ir].[c-]1ccc2c(sc3cc(-c4ccccc4)ccc32)c1-c1cc(CC2CCCCC2)ccn1. The number of nitrogens with zero attached hydrogens (tertiary/aromatic N) is 2. The first kappa shape index (κ1) is 36.4. The van der Waals surface area contributed by atoms with Gasteiger partial charge in [0, 0.05) is 31.0 Å². The van der Waals surface area contributed by atoms with Crippen molar-refractivity contribution in [2.45, 2.75) is 62.7 Å². The Kier molecular flexibility index (Phi) is 11.9. The summed E-state index contributed by atoms with van der Waals surface area (Å²) >= 11 is 0.0896. The molecular weight excluding hydrogens is 865 g/mol. The van der Waals surface area contributed by atoms with E-state index in [1.54, 1.807) is 0 Å². The fourth-order valence-corrected chi connectivity index (χ4v) is 12.1. The number of hydrogen-bond acceptors (Lipinski definition) is 3. The van der Waals surface area contributed by atoms with Crippen LogP contribution >= 0.6 is 11.3 Å². The molecule has 1 fully saturated rings. The third kappa shape index (κ3) is 8.37. The van der Waals surface area contributed by atoms with Crippen molar-refractivity contribution in [3.8, 4) is 33.6 Å². The van der Waals surface area contributed by atoms with Crippen LogP contribution in [0, 0.1) is 25.0 Å². The molecule has 3 heterocycles. The molecule has 3 aromatic heterocycles. The number of hydrogen-bond donors (Lipinski definition) is 0. The normalized spacial score (nSPS) is 13.4. The van der Waals surface area contributed by atoms with Crippen molar-refractivity contribution in [2.24, 2.45) is 5.92 Å². The number of benzene rings is 4. The van der Waals surface area contributed by atoms with Crippen molar-refractivity contribution in [3.05, 3.63) is 139 Å². The van der Waals surface area contributed by atoms with E-state index in [4.69, 9.17) is 4.98 Å². The molecule has 0 bridgehead atoms. The smallest absolute Gasteiger partial charge is 0.0245 e. The molecule has 5 heteroatoms. The number of thiophene rings is 1. The predicted octanol–water partition coefficient (Wildman–Crippen LogP) is 12.1. The molecule has 0 spiro atoms. The molecule has 0 saturated heterocycles. The van der Waals surface area contributed by atoms with Gasteiger partial charge in [-0.2, -0.15) is 11.3 Å². The molecule has 1 aliphatic carbocycles. The van der Waals surface area contributed by atoms with E-state index < -0.39 is 13.3 Å². The van der Waals surface area contributed by atoms with Crippen molar-refractivity contribution in [3.63, 3.8) is 0 Å². The zero-order valence-electron chi connectivity index (χ0n) is 29.4. The summed E-state index contributed by atoms with van der Waals surface area (Å²) in [6.07, 6.45) is 12.2. The van der Waals surface area contributed by atoms with Crippen molar-refractivity contribution < 1.29 is 20.1 Å². The van der Waals surface area contributed by atoms with Gasteiger partial charge in [-0.05, 0) is 51.4 Å². The average molecular weight is 910 g/mol. The molecule has 0 amide bonds. The van der Waals surface area contributed by atoms with E-state index >= 15 is 0 Å². The van der Waals surface area contributed by atoms with Crippen molar-refractivity contribution >= 4 is 49.2 Å². The van der Waals surface area contributed by atoms with Gasteiger partial charge in [-0.1, -0.05) is 91.6 Å². The quantitative estimate of drug-likeness (QED) is 0.123. The van der Waals surface area contributed by atoms with E-state index in [1.807, 2.05) is 35.7 Å². The second kappa shape index (κ2) is 16.3. The molecular formula is C45H44GeIrN2S-2. The summed E-state index contributed by atoms with van der Waals surface area (Å²) < 4.78 is 4.10. The summed E-state index contributed by atoms with van der Waals surface area (Å²) in [4.78, 5) is 9.36. The third-order valence-corrected chi connectivity index (χ3v) is 15.4. The zero-order valence-corrected chi connectivity index (χ0v) is 34.7. The summed E-state index contributed by atoms with van der Waals surface area (Å²) in [5.74, 6) is 8.04. The summed E-state index contributed by atoms with van der Waals surface area (Å²) in [5, 5.41) is 2.62. The first-order valence-electron chi connectivity index (χ1n) is 17.7. The van der Waals surface area contributed by atoms with E-state index in [0.29, 0.717) is 0 Å². The molecule has 50 heavy (non-hydrogen) atoms. The Hall–Kier alpha value is -3.41. The van der Waals surface area contributed by atoms with Crippen LogP contribution < -0.4 is 4.40 Å². The largest absolute Gasteiger partial charge is 0.305 e. The van der Waals surface area contributed by atoms with Crippen LogP contribution in [0.5, 0.6) is 0 Å². The maximum Gasteiger partial charge on any atom is 0.0245 e. The Labute approximate surface area is 318 Å². The molecule has 4 aromatic carbocycles. The molecule has 255 valence electrons. The number of aryl methyl sites for hydroxylation is 1. The van der Waals surface area contributed by atoms with E-state index in [9.17, 15) is 0 Å². The minimum atomic E-state index is -1.77. The molecule has 0 unspecified atom stereocenters. The Morgan fingerprint density at radius 1 is 0.740 bits per heavy atom. The van der Waals surface area contributed by atoms with Gasteiger partial charge in [0.25, 0.3) is 0 Å². The van der Waals surface area contributed by atoms with Crippen molar-refractivity contribution in [2.75, 3.05) is 0 Å². The van der Waals surface area contributed by atoms with Crippen LogP contribution in [0.1, 0.15) is 43.2 Å². The van der Waals surface area contributed by atoms with Crippen LogP contribution in [0.2, 0.25) is 17.3 Å². The van der Waals surface area contributed by atoms with Crippen LogP contribution in [-0.2, 0) is 26.5 Å². The molecule has 8 rings (SSSR count). The predicted molar refractivity (Wildman–Crippen MR) is 213 cm³/mol. The maximum absolute atomic E-state index is 4.76. The Morgan fingerprint density at radius 2 is 1.54 bits per heavy atom. The molecule has 2 nitrogen and oxygen atoms in total. The van der Waals surface area contributed by atoms with Gasteiger partial charge in [0.2, 0.25) is 0 Å². The molecule has 1 radical (unpaired) electrons. The van der Waals surface area contributed by atoms with Crippen LogP contribution in [0.4, 0.5) is 0 Å². The van der Waals surface area contributed by atoms with Gasteiger partial charge >= 0.3 is 106 Å². The Balaban J connectivity index is 0.000000204. The van der Waals surface area contributed by atoms with Crippen LogP contribution in [0.25, 0.3) is 53.8 Å². The topological polar surface area (TPSA) is 25.8 Å². The molecule has 0 N–H and O–H groups in total. The van der Waals surface area contributed by atoms with Crippen LogP contribution in [0.15, 0.2) is 116 Å². The molecule has 1 aliphatic rings. The van der Waals surface area contributed by atoms with Gasteiger partial charge in [-0.15, -0.1) is 23.8 Å². The van der Waals surface area contributed by atoms with Crippen LogP contribution in [-0.4, -0.2) is 23.2 Å². The Morgan fingerprint density at radius 3 is 2.28 bits per heavy atom. The van der Waals surface area contributed by atoms with Crippen molar-refractivity contribution in [1.29, 1.82) is 0 Å². The first-order valence-corrected chi connectivity index (χ1v) is 25.8. The Bertz CT molecular complexity index is 2180. The fraction of sp³-hybridized carbons (Fsp3) is 0.244. The minimum Gasteiger partial charge on any atom is -0.305 e. The van der Waals surface area contributed by atoms with Gasteiger partial charge in [-0.3, -0.25) is 0 Å². The van der Waals surface area contributed by atoms with Gasteiger partial charge in [0.1, 0.15) is 0 Å². The second-order valence-electron chi connectivity index (χ2n) is 14.4. The summed E-state index contributed by atoms with van der Waals surface area (Å²) in [7, 11) is 0. The monoisotopic (exact) mass is 911 g/mol. The molecule has 1 saturated carbocycles. The number of pyridine rings is 2. The van der Waals surface area contributed by atoms with Crippen molar-refractivity contribution in [1.82, 2.24) is 9.97 Å². The molecule has 0 atom stereocenters. The standard InChI is InChI=1S/C30H26NS.C15H18GeN.Ir/c1-3-8-21(9-4-1)18-22-16-17-31-28(19-22)27-13-7-12-26-25-15-14-24(20-29(25)32-30(26)27)23-10-5-2-6-11-23;1-12-10-15(13-8-6-5-7-9-13)17-11-14(12)16(2,3)4;/h2,5-7,10-12,14-17,19-21H,1,3-4,8-9,18H2;5-8,10-11H,1-4H3;/q2*-1;. The van der Waals surface area contributed by atoms with Gasteiger partial charge < -0.3 is 4.98 Å². The number of rotatable bonds is 6. The summed E-state index contributed by atoms with van der Waals surface area (Å²) in [6, 6.07) is 43.2.